The number of hydrogen-bond donors (Lipinski definition) is 3. The van der Waals surface area contributed by atoms with Crippen molar-refractivity contribution < 1.29 is 19.1 Å². The number of pyridine rings is 1. The third-order valence-corrected chi connectivity index (χ3v) is 4.84. The highest BCUT2D eigenvalue weighted by Gasteiger charge is 2.25. The topological polar surface area (TPSA) is 137 Å². The summed E-state index contributed by atoms with van der Waals surface area (Å²) in [5.41, 5.74) is 13.6. The molecule has 1 aromatic carbocycles. The lowest BCUT2D eigenvalue weighted by Crippen LogP contribution is -2.49. The lowest BCUT2D eigenvalue weighted by molar-refractivity contribution is -0.162. The van der Waals surface area contributed by atoms with Gasteiger partial charge in [-0.05, 0) is 55.4 Å². The predicted molar refractivity (Wildman–Crippen MR) is 118 cm³/mol. The van der Waals surface area contributed by atoms with Gasteiger partial charge in [0.05, 0.1) is 6.04 Å². The van der Waals surface area contributed by atoms with Crippen molar-refractivity contribution in [3.05, 3.63) is 59.8 Å². The fraction of sp³-hybridized carbons (Fsp3) is 0.391. The molecule has 0 fully saturated rings. The Balaban J connectivity index is 1.74. The van der Waals surface area contributed by atoms with Crippen LogP contribution in [0.3, 0.4) is 0 Å². The van der Waals surface area contributed by atoms with Crippen LogP contribution in [0.15, 0.2) is 48.7 Å². The molecule has 1 amide bonds. The number of nitrogens with zero attached hydrogens (tertiary/aromatic N) is 1. The summed E-state index contributed by atoms with van der Waals surface area (Å²) in [7, 11) is 0. The minimum absolute atomic E-state index is 0.0783. The number of benzene rings is 1. The van der Waals surface area contributed by atoms with Gasteiger partial charge in [-0.15, -0.1) is 0 Å². The summed E-state index contributed by atoms with van der Waals surface area (Å²) in [6, 6.07) is 11.6. The van der Waals surface area contributed by atoms with Crippen LogP contribution in [-0.2, 0) is 32.0 Å². The average molecular weight is 427 g/mol. The smallest absolute Gasteiger partial charge is 0.336 e. The van der Waals surface area contributed by atoms with E-state index in [0.717, 1.165) is 11.1 Å². The van der Waals surface area contributed by atoms with Crippen molar-refractivity contribution in [2.45, 2.75) is 57.5 Å². The molecule has 2 aromatic rings. The minimum Gasteiger partial charge on any atom is -0.392 e. The monoisotopic (exact) mass is 426 g/mol. The quantitative estimate of drug-likeness (QED) is 0.369. The van der Waals surface area contributed by atoms with E-state index in [9.17, 15) is 14.4 Å². The van der Waals surface area contributed by atoms with E-state index in [1.165, 1.54) is 0 Å². The normalized spacial score (nSPS) is 12.6. The molecule has 1 heterocycles. The first kappa shape index (κ1) is 24.0. The summed E-state index contributed by atoms with van der Waals surface area (Å²) in [5.74, 6) is -1.43. The highest BCUT2D eigenvalue weighted by Crippen LogP contribution is 2.09. The Labute approximate surface area is 182 Å². The summed E-state index contributed by atoms with van der Waals surface area (Å²) >= 11 is 0. The maximum Gasteiger partial charge on any atom is 0.336 e. The van der Waals surface area contributed by atoms with Crippen LogP contribution < -0.4 is 16.8 Å². The number of aromatic nitrogens is 1. The maximum atomic E-state index is 12.3. The van der Waals surface area contributed by atoms with E-state index in [1.807, 2.05) is 36.4 Å². The van der Waals surface area contributed by atoms with E-state index in [0.29, 0.717) is 37.9 Å². The number of aryl methyl sites for hydroxylation is 2. The number of amides is 1. The average Bonchev–Trinajstić information content (AvgIpc) is 2.76. The Kier molecular flexibility index (Phi) is 9.64. The van der Waals surface area contributed by atoms with Crippen molar-refractivity contribution in [1.29, 1.82) is 0 Å². The largest absolute Gasteiger partial charge is 0.392 e. The number of nitrogen functional groups attached to an aromatic ring is 1. The van der Waals surface area contributed by atoms with Gasteiger partial charge < -0.3 is 21.5 Å². The van der Waals surface area contributed by atoms with Gasteiger partial charge in [-0.2, -0.15) is 0 Å². The van der Waals surface area contributed by atoms with Gasteiger partial charge in [0.2, 0.25) is 5.91 Å². The Morgan fingerprint density at radius 1 is 1.10 bits per heavy atom. The van der Waals surface area contributed by atoms with Crippen LogP contribution in [0.4, 0.5) is 5.82 Å². The summed E-state index contributed by atoms with van der Waals surface area (Å²) < 4.78 is 4.90. The molecule has 2 rings (SSSR count). The molecule has 0 saturated heterocycles. The summed E-state index contributed by atoms with van der Waals surface area (Å²) in [6.45, 7) is 1.72. The van der Waals surface area contributed by atoms with E-state index in [-0.39, 0.29) is 6.42 Å². The third-order valence-electron chi connectivity index (χ3n) is 4.84. The first-order chi connectivity index (χ1) is 14.9. The van der Waals surface area contributed by atoms with Crippen molar-refractivity contribution in [1.82, 2.24) is 10.3 Å². The van der Waals surface area contributed by atoms with Crippen molar-refractivity contribution in [3.63, 3.8) is 0 Å². The number of anilines is 1. The molecule has 8 heteroatoms. The third kappa shape index (κ3) is 8.55. The van der Waals surface area contributed by atoms with Crippen LogP contribution >= 0.6 is 0 Å². The molecule has 31 heavy (non-hydrogen) atoms. The first-order valence-electron chi connectivity index (χ1n) is 10.4. The second-order valence-electron chi connectivity index (χ2n) is 7.34. The van der Waals surface area contributed by atoms with Crippen molar-refractivity contribution in [2.24, 2.45) is 5.73 Å². The Morgan fingerprint density at radius 3 is 2.52 bits per heavy atom. The van der Waals surface area contributed by atoms with E-state index >= 15 is 0 Å². The molecule has 0 spiro atoms. The van der Waals surface area contributed by atoms with Gasteiger partial charge in [0.25, 0.3) is 0 Å². The number of hydrogen-bond acceptors (Lipinski definition) is 7. The van der Waals surface area contributed by atoms with Crippen LogP contribution in [-0.4, -0.2) is 34.9 Å². The number of nitrogens with two attached hydrogens (primary N) is 2. The highest BCUT2D eigenvalue weighted by atomic mass is 16.6. The first-order valence-corrected chi connectivity index (χ1v) is 10.4. The fourth-order valence-corrected chi connectivity index (χ4v) is 3.03. The van der Waals surface area contributed by atoms with Gasteiger partial charge in [0, 0.05) is 12.6 Å². The molecule has 166 valence electrons. The number of esters is 2. The summed E-state index contributed by atoms with van der Waals surface area (Å²) in [4.78, 5) is 40.5. The number of nitrogens with one attached hydrogen (secondary N) is 1. The van der Waals surface area contributed by atoms with Crippen molar-refractivity contribution in [2.75, 3.05) is 5.73 Å². The van der Waals surface area contributed by atoms with Gasteiger partial charge in [0.15, 0.2) is 0 Å². The molecular formula is C23H30N4O4. The molecule has 1 aromatic heterocycles. The van der Waals surface area contributed by atoms with E-state index in [4.69, 9.17) is 16.2 Å². The Morgan fingerprint density at radius 2 is 1.84 bits per heavy atom. The SMILES string of the molecule is CCC(NC(=O)C(N)CCc1ccccc1)C(=O)OC(=O)CCCc1ccnc(N)c1. The number of ether oxygens (including phenoxy) is 1. The molecular weight excluding hydrogens is 396 g/mol. The lowest BCUT2D eigenvalue weighted by atomic mass is 10.0. The van der Waals surface area contributed by atoms with Crippen molar-refractivity contribution >= 4 is 23.7 Å². The fourth-order valence-electron chi connectivity index (χ4n) is 3.03. The second-order valence-corrected chi connectivity index (χ2v) is 7.34. The zero-order valence-electron chi connectivity index (χ0n) is 17.8. The Hall–Kier alpha value is -3.26. The van der Waals surface area contributed by atoms with E-state index in [2.05, 4.69) is 10.3 Å². The molecule has 0 aliphatic carbocycles. The van der Waals surface area contributed by atoms with Gasteiger partial charge in [-0.3, -0.25) is 9.59 Å². The number of rotatable bonds is 11. The van der Waals surface area contributed by atoms with E-state index < -0.39 is 29.9 Å². The molecule has 5 N–H and O–H groups in total. The second kappa shape index (κ2) is 12.4. The summed E-state index contributed by atoms with van der Waals surface area (Å²) in [6.07, 6.45) is 4.18. The van der Waals surface area contributed by atoms with Crippen LogP contribution in [0.25, 0.3) is 0 Å². The van der Waals surface area contributed by atoms with Crippen LogP contribution in [0.5, 0.6) is 0 Å². The highest BCUT2D eigenvalue weighted by molar-refractivity contribution is 5.92. The van der Waals surface area contributed by atoms with Gasteiger partial charge in [-0.1, -0.05) is 37.3 Å². The number of carbonyl (C=O) groups is 3. The molecule has 0 saturated carbocycles. The zero-order chi connectivity index (χ0) is 22.6. The maximum absolute atomic E-state index is 12.3. The van der Waals surface area contributed by atoms with Crippen LogP contribution in [0.2, 0.25) is 0 Å². The van der Waals surface area contributed by atoms with Crippen LogP contribution in [0, 0.1) is 0 Å². The molecule has 8 nitrogen and oxygen atoms in total. The molecule has 0 radical (unpaired) electrons. The lowest BCUT2D eigenvalue weighted by Gasteiger charge is -2.18. The molecule has 0 bridgehead atoms. The standard InChI is InChI=1S/C23H30N4O4/c1-2-19(27-22(29)18(24)12-11-16-7-4-3-5-8-16)23(30)31-21(28)10-6-9-17-13-14-26-20(25)15-17/h3-5,7-8,13-15,18-19H,2,6,9-12,24H2,1H3,(H2,25,26)(H,27,29). The Bertz CT molecular complexity index is 873. The van der Waals surface area contributed by atoms with E-state index in [1.54, 1.807) is 19.2 Å². The van der Waals surface area contributed by atoms with Gasteiger partial charge in [0.1, 0.15) is 11.9 Å². The molecule has 0 aliphatic heterocycles. The molecule has 2 atom stereocenters. The predicted octanol–water partition coefficient (Wildman–Crippen LogP) is 1.91. The van der Waals surface area contributed by atoms with Gasteiger partial charge >= 0.3 is 11.9 Å². The number of carbonyl (C=O) groups excluding carboxylic acids is 3. The molecule has 0 aliphatic rings. The van der Waals surface area contributed by atoms with Crippen molar-refractivity contribution in [3.8, 4) is 0 Å². The van der Waals surface area contributed by atoms with Gasteiger partial charge in [-0.25, -0.2) is 9.78 Å². The zero-order valence-corrected chi connectivity index (χ0v) is 17.8. The van der Waals surface area contributed by atoms with Crippen LogP contribution in [0.1, 0.15) is 43.7 Å². The molecule has 2 unspecified atom stereocenters. The minimum atomic E-state index is -0.917. The summed E-state index contributed by atoms with van der Waals surface area (Å²) in [5, 5.41) is 2.58.